The molecule has 0 amide bonds. The first-order valence-electron chi connectivity index (χ1n) is 10.2. The number of piperidine rings is 1. The molecule has 0 N–H and O–H groups in total. The van der Waals surface area contributed by atoms with Gasteiger partial charge in [-0.2, -0.15) is 4.98 Å². The fraction of sp³-hybridized carbons (Fsp3) is 0.750. The Labute approximate surface area is 160 Å². The summed E-state index contributed by atoms with van der Waals surface area (Å²) in [4.78, 5) is 7.16. The topological polar surface area (TPSA) is 77.4 Å². The van der Waals surface area contributed by atoms with E-state index in [2.05, 4.69) is 20.2 Å². The molecule has 2 aliphatic heterocycles. The molecule has 2 saturated heterocycles. The summed E-state index contributed by atoms with van der Waals surface area (Å²) in [6.45, 7) is 8.85. The molecule has 2 fully saturated rings. The molecular weight excluding hydrogens is 344 g/mol. The van der Waals surface area contributed by atoms with E-state index >= 15 is 0 Å². The van der Waals surface area contributed by atoms with Gasteiger partial charge in [0.2, 0.25) is 5.89 Å². The van der Waals surface area contributed by atoms with Crippen LogP contribution in [0.5, 0.6) is 0 Å². The van der Waals surface area contributed by atoms with Crippen LogP contribution in [-0.4, -0.2) is 46.5 Å². The average Bonchev–Trinajstić information content (AvgIpc) is 3.30. The van der Waals surface area contributed by atoms with Crippen molar-refractivity contribution in [3.05, 3.63) is 28.7 Å². The molecule has 2 aromatic rings. The second-order valence-electron chi connectivity index (χ2n) is 8.00. The summed E-state index contributed by atoms with van der Waals surface area (Å²) in [5.41, 5.74) is 2.27. The molecule has 7 heteroatoms. The number of aryl methyl sites for hydroxylation is 3. The molecule has 4 rings (SSSR count). The minimum atomic E-state index is 0.382. The van der Waals surface area contributed by atoms with Crippen LogP contribution in [0, 0.1) is 19.8 Å². The van der Waals surface area contributed by atoms with Gasteiger partial charge in [-0.05, 0) is 65.0 Å². The molecule has 0 atom stereocenters. The van der Waals surface area contributed by atoms with Crippen molar-refractivity contribution >= 4 is 0 Å². The van der Waals surface area contributed by atoms with Gasteiger partial charge in [0.05, 0.1) is 5.69 Å². The molecule has 7 nitrogen and oxygen atoms in total. The third-order valence-corrected chi connectivity index (χ3v) is 6.10. The summed E-state index contributed by atoms with van der Waals surface area (Å²) < 4.78 is 16.2. The number of likely N-dealkylation sites (tertiary alicyclic amines) is 1. The van der Waals surface area contributed by atoms with E-state index in [-0.39, 0.29) is 0 Å². The average molecular weight is 374 g/mol. The Morgan fingerprint density at radius 2 is 1.78 bits per heavy atom. The Bertz CT molecular complexity index is 708. The molecule has 2 aliphatic rings. The molecule has 0 saturated carbocycles. The van der Waals surface area contributed by atoms with Gasteiger partial charge in [-0.1, -0.05) is 10.3 Å². The number of rotatable bonds is 6. The van der Waals surface area contributed by atoms with Gasteiger partial charge in [-0.15, -0.1) is 0 Å². The highest BCUT2D eigenvalue weighted by Gasteiger charge is 2.24. The zero-order valence-electron chi connectivity index (χ0n) is 16.4. The highest BCUT2D eigenvalue weighted by Crippen LogP contribution is 2.27. The molecule has 148 valence electrons. The third-order valence-electron chi connectivity index (χ3n) is 6.10. The van der Waals surface area contributed by atoms with Crippen LogP contribution in [0.25, 0.3) is 0 Å². The number of hydrogen-bond donors (Lipinski definition) is 0. The first-order valence-corrected chi connectivity index (χ1v) is 10.2. The van der Waals surface area contributed by atoms with Gasteiger partial charge in [0.25, 0.3) is 0 Å². The van der Waals surface area contributed by atoms with Crippen LogP contribution in [0.2, 0.25) is 0 Å². The first-order chi connectivity index (χ1) is 13.2. The van der Waals surface area contributed by atoms with Crippen molar-refractivity contribution in [3.8, 4) is 0 Å². The van der Waals surface area contributed by atoms with Gasteiger partial charge in [0.1, 0.15) is 5.76 Å². The van der Waals surface area contributed by atoms with Crippen molar-refractivity contribution in [2.75, 3.05) is 26.3 Å². The summed E-state index contributed by atoms with van der Waals surface area (Å²) in [5.74, 6) is 3.76. The number of ether oxygens (including phenoxy) is 1. The summed E-state index contributed by atoms with van der Waals surface area (Å²) in [6, 6.07) is 0. The lowest BCUT2D eigenvalue weighted by atomic mass is 9.92. The monoisotopic (exact) mass is 374 g/mol. The number of nitrogens with zero attached hydrogens (tertiary/aromatic N) is 4. The van der Waals surface area contributed by atoms with Crippen molar-refractivity contribution < 1.29 is 13.8 Å². The second kappa shape index (κ2) is 8.52. The van der Waals surface area contributed by atoms with Gasteiger partial charge in [0.15, 0.2) is 5.82 Å². The third kappa shape index (κ3) is 4.58. The Morgan fingerprint density at radius 3 is 2.48 bits per heavy atom. The maximum Gasteiger partial charge on any atom is 0.229 e. The Hall–Kier alpha value is -1.73. The lowest BCUT2D eigenvalue weighted by Crippen LogP contribution is -2.33. The molecule has 0 spiro atoms. The van der Waals surface area contributed by atoms with Crippen LogP contribution in [0.1, 0.15) is 66.8 Å². The van der Waals surface area contributed by atoms with Gasteiger partial charge in [0, 0.05) is 37.7 Å². The minimum Gasteiger partial charge on any atom is -0.381 e. The largest absolute Gasteiger partial charge is 0.381 e. The predicted octanol–water partition coefficient (Wildman–Crippen LogP) is 3.41. The molecule has 0 aliphatic carbocycles. The van der Waals surface area contributed by atoms with Crippen molar-refractivity contribution in [1.29, 1.82) is 0 Å². The molecule has 0 bridgehead atoms. The Kier molecular flexibility index (Phi) is 5.88. The van der Waals surface area contributed by atoms with E-state index in [0.29, 0.717) is 5.92 Å². The van der Waals surface area contributed by atoms with Gasteiger partial charge in [-0.25, -0.2) is 0 Å². The Balaban J connectivity index is 1.21. The van der Waals surface area contributed by atoms with Crippen LogP contribution in [0.3, 0.4) is 0 Å². The second-order valence-corrected chi connectivity index (χ2v) is 8.00. The first kappa shape index (κ1) is 18.6. The van der Waals surface area contributed by atoms with E-state index in [1.54, 1.807) is 0 Å². The molecule has 2 aromatic heterocycles. The van der Waals surface area contributed by atoms with E-state index in [1.807, 2.05) is 13.8 Å². The van der Waals surface area contributed by atoms with Crippen LogP contribution < -0.4 is 0 Å². The summed E-state index contributed by atoms with van der Waals surface area (Å²) >= 11 is 0. The van der Waals surface area contributed by atoms with Crippen LogP contribution in [0.4, 0.5) is 0 Å². The zero-order valence-corrected chi connectivity index (χ0v) is 16.4. The van der Waals surface area contributed by atoms with Crippen LogP contribution >= 0.6 is 0 Å². The summed E-state index contributed by atoms with van der Waals surface area (Å²) in [5, 5.41) is 8.27. The normalized spacial score (nSPS) is 20.4. The number of aromatic nitrogens is 3. The van der Waals surface area contributed by atoms with Gasteiger partial charge >= 0.3 is 0 Å². The highest BCUT2D eigenvalue weighted by molar-refractivity contribution is 5.20. The zero-order chi connectivity index (χ0) is 18.6. The van der Waals surface area contributed by atoms with Crippen molar-refractivity contribution in [2.24, 2.45) is 5.92 Å². The minimum absolute atomic E-state index is 0.382. The fourth-order valence-electron chi connectivity index (χ4n) is 4.20. The van der Waals surface area contributed by atoms with E-state index in [0.717, 1.165) is 87.6 Å². The standard InChI is InChI=1S/C20H30N4O3/c1-14-18(15(2)26-22-14)13-24-9-5-16(6-10-24)3-4-19-21-20(27-23-19)17-7-11-25-12-8-17/h16-17H,3-13H2,1-2H3. The fourth-order valence-corrected chi connectivity index (χ4v) is 4.20. The molecule has 0 aromatic carbocycles. The van der Waals surface area contributed by atoms with Crippen molar-refractivity contribution in [1.82, 2.24) is 20.2 Å². The lowest BCUT2D eigenvalue weighted by molar-refractivity contribution is 0.0778. The lowest BCUT2D eigenvalue weighted by Gasteiger charge is -2.31. The van der Waals surface area contributed by atoms with Crippen molar-refractivity contribution in [2.45, 2.75) is 64.8 Å². The highest BCUT2D eigenvalue weighted by atomic mass is 16.5. The molecule has 4 heterocycles. The van der Waals surface area contributed by atoms with Crippen LogP contribution in [0.15, 0.2) is 9.05 Å². The molecule has 0 unspecified atom stereocenters. The van der Waals surface area contributed by atoms with Gasteiger partial charge in [-0.3, -0.25) is 4.90 Å². The number of hydrogen-bond acceptors (Lipinski definition) is 7. The summed E-state index contributed by atoms with van der Waals surface area (Å²) in [7, 11) is 0. The van der Waals surface area contributed by atoms with E-state index in [9.17, 15) is 0 Å². The smallest absolute Gasteiger partial charge is 0.229 e. The SMILES string of the molecule is Cc1noc(C)c1CN1CCC(CCc2noc(C3CCOCC3)n2)CC1. The molecule has 27 heavy (non-hydrogen) atoms. The van der Waals surface area contributed by atoms with E-state index < -0.39 is 0 Å². The Morgan fingerprint density at radius 1 is 1.00 bits per heavy atom. The molecular formula is C20H30N4O3. The maximum atomic E-state index is 5.50. The van der Waals surface area contributed by atoms with E-state index in [4.69, 9.17) is 13.8 Å². The molecule has 0 radical (unpaired) electrons. The van der Waals surface area contributed by atoms with Crippen molar-refractivity contribution in [3.63, 3.8) is 0 Å². The summed E-state index contributed by atoms with van der Waals surface area (Å²) in [6.07, 6.45) is 6.51. The van der Waals surface area contributed by atoms with Gasteiger partial charge < -0.3 is 13.8 Å². The predicted molar refractivity (Wildman–Crippen MR) is 99.4 cm³/mol. The quantitative estimate of drug-likeness (QED) is 0.767. The van der Waals surface area contributed by atoms with Crippen LogP contribution in [-0.2, 0) is 17.7 Å². The van der Waals surface area contributed by atoms with E-state index in [1.165, 1.54) is 18.4 Å². The maximum absolute atomic E-state index is 5.50.